The first-order valence-electron chi connectivity index (χ1n) is 6.29. The van der Waals surface area contributed by atoms with Crippen molar-refractivity contribution in [2.75, 3.05) is 13.1 Å². The number of hydrogen-bond donors (Lipinski definition) is 2. The van der Waals surface area contributed by atoms with Gasteiger partial charge >= 0.3 is 0 Å². The van der Waals surface area contributed by atoms with E-state index in [9.17, 15) is 0 Å². The van der Waals surface area contributed by atoms with E-state index >= 15 is 0 Å². The molecule has 2 nitrogen and oxygen atoms in total. The minimum Gasteiger partial charge on any atom is -0.314 e. The van der Waals surface area contributed by atoms with Crippen LogP contribution in [-0.2, 0) is 0 Å². The lowest BCUT2D eigenvalue weighted by molar-refractivity contribution is 0.410. The topological polar surface area (TPSA) is 24.1 Å². The van der Waals surface area contributed by atoms with Crippen LogP contribution in [0.1, 0.15) is 46.0 Å². The van der Waals surface area contributed by atoms with Gasteiger partial charge in [0.25, 0.3) is 0 Å². The van der Waals surface area contributed by atoms with E-state index in [4.69, 9.17) is 0 Å². The van der Waals surface area contributed by atoms with Crippen LogP contribution < -0.4 is 10.6 Å². The van der Waals surface area contributed by atoms with Crippen molar-refractivity contribution in [2.24, 2.45) is 0 Å². The first-order valence-corrected chi connectivity index (χ1v) is 6.29. The van der Waals surface area contributed by atoms with E-state index in [0.717, 1.165) is 12.6 Å². The fourth-order valence-electron chi connectivity index (χ4n) is 2.16. The second-order valence-electron chi connectivity index (χ2n) is 4.98. The predicted octanol–water partition coefficient (Wildman–Crippen LogP) is 2.46. The summed E-state index contributed by atoms with van der Waals surface area (Å²) in [5.74, 6) is 0. The molecule has 0 aliphatic carbocycles. The average Bonchev–Trinajstić information content (AvgIpc) is 2.43. The lowest BCUT2D eigenvalue weighted by Gasteiger charge is -2.21. The molecule has 1 aliphatic heterocycles. The minimum atomic E-state index is 0.595. The van der Waals surface area contributed by atoms with Crippen LogP contribution in [-0.4, -0.2) is 25.2 Å². The highest BCUT2D eigenvalue weighted by atomic mass is 14.9. The van der Waals surface area contributed by atoms with Gasteiger partial charge in [-0.15, -0.1) is 0 Å². The number of rotatable bonds is 5. The summed E-state index contributed by atoms with van der Waals surface area (Å²) < 4.78 is 0. The molecule has 1 saturated heterocycles. The van der Waals surface area contributed by atoms with Crippen molar-refractivity contribution in [1.29, 1.82) is 0 Å². The highest BCUT2D eigenvalue weighted by molar-refractivity contribution is 4.91. The van der Waals surface area contributed by atoms with Crippen LogP contribution in [0.15, 0.2) is 12.2 Å². The standard InChI is InChI=1S/C13H26N2/c1-11(2)10-15-12(3)9-13-7-5-4-6-8-14-13/h12-15H,1,4-10H2,2-3H3. The van der Waals surface area contributed by atoms with Crippen molar-refractivity contribution < 1.29 is 0 Å². The van der Waals surface area contributed by atoms with Gasteiger partial charge < -0.3 is 10.6 Å². The van der Waals surface area contributed by atoms with E-state index in [-0.39, 0.29) is 0 Å². The minimum absolute atomic E-state index is 0.595. The summed E-state index contributed by atoms with van der Waals surface area (Å²) in [5, 5.41) is 7.15. The third-order valence-corrected chi connectivity index (χ3v) is 3.05. The number of hydrogen-bond acceptors (Lipinski definition) is 2. The second-order valence-corrected chi connectivity index (χ2v) is 4.98. The van der Waals surface area contributed by atoms with Crippen LogP contribution in [0.2, 0.25) is 0 Å². The van der Waals surface area contributed by atoms with Crippen molar-refractivity contribution in [2.45, 2.75) is 58.0 Å². The molecule has 0 aromatic carbocycles. The van der Waals surface area contributed by atoms with E-state index < -0.39 is 0 Å². The molecule has 0 saturated carbocycles. The Balaban J connectivity index is 2.17. The maximum Gasteiger partial charge on any atom is 0.0161 e. The van der Waals surface area contributed by atoms with Crippen molar-refractivity contribution in [1.82, 2.24) is 10.6 Å². The van der Waals surface area contributed by atoms with Crippen molar-refractivity contribution in [3.05, 3.63) is 12.2 Å². The molecule has 1 fully saturated rings. The van der Waals surface area contributed by atoms with Gasteiger partial charge in [0, 0.05) is 18.6 Å². The lowest BCUT2D eigenvalue weighted by Crippen LogP contribution is -2.37. The van der Waals surface area contributed by atoms with Gasteiger partial charge in [-0.3, -0.25) is 0 Å². The fourth-order valence-corrected chi connectivity index (χ4v) is 2.16. The maximum absolute atomic E-state index is 3.91. The monoisotopic (exact) mass is 210 g/mol. The van der Waals surface area contributed by atoms with Crippen LogP contribution in [0, 0.1) is 0 Å². The van der Waals surface area contributed by atoms with Gasteiger partial charge in [-0.1, -0.05) is 25.0 Å². The molecule has 88 valence electrons. The summed E-state index contributed by atoms with van der Waals surface area (Å²) in [6.45, 7) is 10.4. The molecule has 2 N–H and O–H groups in total. The molecular weight excluding hydrogens is 184 g/mol. The van der Waals surface area contributed by atoms with Crippen LogP contribution in [0.5, 0.6) is 0 Å². The van der Waals surface area contributed by atoms with Crippen molar-refractivity contribution >= 4 is 0 Å². The smallest absolute Gasteiger partial charge is 0.0161 e. The average molecular weight is 210 g/mol. The zero-order valence-corrected chi connectivity index (χ0v) is 10.3. The molecule has 0 amide bonds. The Hall–Kier alpha value is -0.340. The Morgan fingerprint density at radius 1 is 1.47 bits per heavy atom. The molecule has 2 heteroatoms. The zero-order valence-electron chi connectivity index (χ0n) is 10.3. The van der Waals surface area contributed by atoms with Crippen molar-refractivity contribution in [3.8, 4) is 0 Å². The fraction of sp³-hybridized carbons (Fsp3) is 0.846. The van der Waals surface area contributed by atoms with Gasteiger partial charge in [0.1, 0.15) is 0 Å². The Kier molecular flexibility index (Phi) is 5.96. The number of nitrogens with one attached hydrogen (secondary N) is 2. The van der Waals surface area contributed by atoms with E-state index in [1.807, 2.05) is 0 Å². The molecule has 1 heterocycles. The third-order valence-electron chi connectivity index (χ3n) is 3.05. The Labute approximate surface area is 94.5 Å². The first kappa shape index (κ1) is 12.7. The van der Waals surface area contributed by atoms with Crippen molar-refractivity contribution in [3.63, 3.8) is 0 Å². The third kappa shape index (κ3) is 5.95. The second kappa shape index (κ2) is 7.02. The van der Waals surface area contributed by atoms with Crippen LogP contribution in [0.25, 0.3) is 0 Å². The molecule has 0 spiro atoms. The summed E-state index contributed by atoms with van der Waals surface area (Å²) >= 11 is 0. The van der Waals surface area contributed by atoms with Gasteiger partial charge in [-0.2, -0.15) is 0 Å². The summed E-state index contributed by atoms with van der Waals surface area (Å²) in [7, 11) is 0. The summed E-state index contributed by atoms with van der Waals surface area (Å²) in [6.07, 6.45) is 6.73. The highest BCUT2D eigenvalue weighted by Crippen LogP contribution is 2.12. The SMILES string of the molecule is C=C(C)CNC(C)CC1CCCCCN1. The van der Waals surface area contributed by atoms with Crippen LogP contribution in [0.3, 0.4) is 0 Å². The predicted molar refractivity (Wildman–Crippen MR) is 67.2 cm³/mol. The molecule has 1 aliphatic rings. The van der Waals surface area contributed by atoms with E-state index in [2.05, 4.69) is 31.1 Å². The summed E-state index contributed by atoms with van der Waals surface area (Å²) in [6, 6.07) is 1.32. The Morgan fingerprint density at radius 2 is 2.27 bits per heavy atom. The van der Waals surface area contributed by atoms with Gasteiger partial charge in [0.15, 0.2) is 0 Å². The van der Waals surface area contributed by atoms with E-state index in [1.165, 1.54) is 44.2 Å². The van der Waals surface area contributed by atoms with E-state index in [1.54, 1.807) is 0 Å². The largest absolute Gasteiger partial charge is 0.314 e. The van der Waals surface area contributed by atoms with Gasteiger partial charge in [0.05, 0.1) is 0 Å². The zero-order chi connectivity index (χ0) is 11.1. The molecule has 0 radical (unpaired) electrons. The van der Waals surface area contributed by atoms with Gasteiger partial charge in [-0.25, -0.2) is 0 Å². The quantitative estimate of drug-likeness (QED) is 0.681. The molecule has 15 heavy (non-hydrogen) atoms. The maximum atomic E-state index is 3.91. The molecule has 0 aromatic rings. The van der Waals surface area contributed by atoms with Gasteiger partial charge in [-0.05, 0) is 39.7 Å². The molecule has 0 aromatic heterocycles. The molecular formula is C13H26N2. The normalized spacial score (nSPS) is 24.5. The molecule has 1 rings (SSSR count). The molecule has 2 atom stereocenters. The Morgan fingerprint density at radius 3 is 3.00 bits per heavy atom. The van der Waals surface area contributed by atoms with E-state index in [0.29, 0.717) is 6.04 Å². The lowest BCUT2D eigenvalue weighted by atomic mass is 10.0. The summed E-state index contributed by atoms with van der Waals surface area (Å²) in [5.41, 5.74) is 1.22. The highest BCUT2D eigenvalue weighted by Gasteiger charge is 2.14. The Bertz CT molecular complexity index is 181. The molecule has 2 unspecified atom stereocenters. The first-order chi connectivity index (χ1) is 7.18. The molecule has 0 bridgehead atoms. The van der Waals surface area contributed by atoms with Gasteiger partial charge in [0.2, 0.25) is 0 Å². The van der Waals surface area contributed by atoms with Crippen LogP contribution >= 0.6 is 0 Å². The summed E-state index contributed by atoms with van der Waals surface area (Å²) in [4.78, 5) is 0. The van der Waals surface area contributed by atoms with Crippen LogP contribution in [0.4, 0.5) is 0 Å².